The highest BCUT2D eigenvalue weighted by molar-refractivity contribution is 7.13. The second-order valence-electron chi connectivity index (χ2n) is 23.2. The van der Waals surface area contributed by atoms with Crippen molar-refractivity contribution in [1.29, 1.82) is 0 Å². The Kier molecular flexibility index (Phi) is 24.6. The van der Waals surface area contributed by atoms with Crippen molar-refractivity contribution in [3.8, 4) is 10.4 Å². The molecular formula is C61H85ClN12O11S. The summed E-state index contributed by atoms with van der Waals surface area (Å²) in [5.41, 5.74) is 11.6. The number of aromatic nitrogens is 4. The molecule has 6 heterocycles. The third-order valence-corrected chi connectivity index (χ3v) is 17.1. The summed E-state index contributed by atoms with van der Waals surface area (Å²) in [6.45, 7) is 15.5. The number of nitrogens with one attached hydrogen (secondary N) is 4. The Morgan fingerprint density at radius 2 is 1.43 bits per heavy atom. The first-order valence-corrected chi connectivity index (χ1v) is 31.0. The van der Waals surface area contributed by atoms with Gasteiger partial charge in [-0.1, -0.05) is 68.8 Å². The Bertz CT molecular complexity index is 2970. The number of hydrogen-bond acceptors (Lipinski definition) is 18. The standard InChI is InChI=1S/C61H85ClN12O11S/c1-42-53(86-41-68-42)45-7-5-43(6-8-45)38-65-57(78)50-37-47(75)39-74(50)58(79)54(60(2,3)4)70-51(76)15-27-81-29-31-83-33-35-85-36-34-84-32-30-82-28-16-52(77)72-25-23-71(24-26-72)20-14-49(44-9-11-46(62)12-10-44)69-59(80)61(63)17-21-73(22-18-61)56-48-13-19-64-55(48)66-40-67-56/h5-13,19,40-41,47,49-50,54,75H,14-18,20-39,63H2,1-4H3,(H,65,78)(H,69,80)(H,70,76)(H,64,66,67)/t47-,49?,50+,54?/m1/s1. The summed E-state index contributed by atoms with van der Waals surface area (Å²) >= 11 is 7.81. The lowest BCUT2D eigenvalue weighted by atomic mass is 9.85. The fourth-order valence-electron chi connectivity index (χ4n) is 10.8. The third kappa shape index (κ3) is 18.9. The predicted molar refractivity (Wildman–Crippen MR) is 327 cm³/mol. The SMILES string of the molecule is Cc1ncsc1-c1ccc(CNC(=O)[C@@H]2C[C@@H](O)CN2C(=O)C(NC(=O)CCOCCOCCOCCOCCOCCC(=O)N2CCN(CCC(NC(=O)C3(N)CCN(c4ncnc5[nH]ccc45)CC3)c3ccc(Cl)cc3)CC2)C(C)(C)C)cc1. The molecule has 8 rings (SSSR count). The van der Waals surface area contributed by atoms with Gasteiger partial charge in [0.2, 0.25) is 29.5 Å². The van der Waals surface area contributed by atoms with E-state index in [2.05, 4.69) is 45.7 Å². The second-order valence-corrected chi connectivity index (χ2v) is 24.5. The van der Waals surface area contributed by atoms with Crippen molar-refractivity contribution < 1.29 is 52.8 Å². The highest BCUT2D eigenvalue weighted by atomic mass is 35.5. The molecule has 5 amide bonds. The number of carbonyl (C=O) groups excluding carboxylic acids is 5. The van der Waals surface area contributed by atoms with Gasteiger partial charge in [0.15, 0.2) is 0 Å². The summed E-state index contributed by atoms with van der Waals surface area (Å²) in [5, 5.41) is 21.2. The van der Waals surface area contributed by atoms with E-state index < -0.39 is 35.0 Å². The van der Waals surface area contributed by atoms with Crippen LogP contribution >= 0.6 is 22.9 Å². The number of halogens is 1. The van der Waals surface area contributed by atoms with Crippen LogP contribution in [0.3, 0.4) is 0 Å². The Morgan fingerprint density at radius 1 is 0.802 bits per heavy atom. The molecule has 0 bridgehead atoms. The van der Waals surface area contributed by atoms with Crippen LogP contribution in [-0.4, -0.2) is 211 Å². The quantitative estimate of drug-likeness (QED) is 0.0335. The number of benzene rings is 2. The van der Waals surface area contributed by atoms with Crippen LogP contribution in [0.25, 0.3) is 21.5 Å². The number of piperidine rings is 1. The summed E-state index contributed by atoms with van der Waals surface area (Å²) in [6, 6.07) is 15.3. The Labute approximate surface area is 512 Å². The Hall–Kier alpha value is -6.19. The number of amides is 5. The molecule has 0 saturated carbocycles. The highest BCUT2D eigenvalue weighted by Gasteiger charge is 2.45. The van der Waals surface area contributed by atoms with Crippen molar-refractivity contribution in [2.75, 3.05) is 123 Å². The minimum absolute atomic E-state index is 0.0127. The van der Waals surface area contributed by atoms with Gasteiger partial charge < -0.3 is 70.2 Å². The molecule has 86 heavy (non-hydrogen) atoms. The monoisotopic (exact) mass is 1230 g/mol. The lowest BCUT2D eigenvalue weighted by molar-refractivity contribution is -0.144. The van der Waals surface area contributed by atoms with Crippen molar-refractivity contribution >= 4 is 69.3 Å². The number of aliphatic hydroxyl groups excluding tert-OH is 1. The van der Waals surface area contributed by atoms with Crippen LogP contribution in [0.4, 0.5) is 5.82 Å². The molecule has 2 unspecified atom stereocenters. The summed E-state index contributed by atoms with van der Waals surface area (Å²) in [6.07, 6.45) is 4.53. The molecule has 0 aliphatic carbocycles. The number of ether oxygens (including phenoxy) is 5. The maximum absolute atomic E-state index is 14.0. The average molecular weight is 1230 g/mol. The van der Waals surface area contributed by atoms with E-state index in [1.165, 1.54) is 4.90 Å². The minimum Gasteiger partial charge on any atom is -0.391 e. The normalized spacial score (nSPS) is 18.1. The van der Waals surface area contributed by atoms with Crippen LogP contribution in [0.1, 0.15) is 82.2 Å². The van der Waals surface area contributed by atoms with Crippen LogP contribution < -0.4 is 26.6 Å². The predicted octanol–water partition coefficient (Wildman–Crippen LogP) is 4.41. The van der Waals surface area contributed by atoms with E-state index in [1.807, 2.05) is 98.9 Å². The molecule has 3 aliphatic rings. The lowest BCUT2D eigenvalue weighted by Gasteiger charge is -2.39. The van der Waals surface area contributed by atoms with Gasteiger partial charge in [-0.2, -0.15) is 0 Å². The van der Waals surface area contributed by atoms with Crippen molar-refractivity contribution in [2.24, 2.45) is 11.1 Å². The second kappa shape index (κ2) is 32.2. The molecule has 2 aromatic carbocycles. The van der Waals surface area contributed by atoms with Crippen LogP contribution in [0, 0.1) is 12.3 Å². The maximum atomic E-state index is 14.0. The molecule has 3 aliphatic heterocycles. The number of H-pyrrole nitrogens is 1. The molecular weight excluding hydrogens is 1140 g/mol. The number of aryl methyl sites for hydroxylation is 1. The van der Waals surface area contributed by atoms with E-state index >= 15 is 0 Å². The first-order valence-electron chi connectivity index (χ1n) is 29.8. The van der Waals surface area contributed by atoms with Crippen molar-refractivity contribution in [2.45, 2.75) is 103 Å². The number of nitrogens with two attached hydrogens (primary N) is 1. The van der Waals surface area contributed by atoms with E-state index in [1.54, 1.807) is 17.7 Å². The largest absolute Gasteiger partial charge is 0.391 e. The number of aromatic amines is 1. The average Bonchev–Trinajstić information content (AvgIpc) is 4.31. The van der Waals surface area contributed by atoms with E-state index in [0.717, 1.165) is 63.7 Å². The summed E-state index contributed by atoms with van der Waals surface area (Å²) in [7, 11) is 0. The highest BCUT2D eigenvalue weighted by Crippen LogP contribution is 2.31. The number of β-amino-alcohol motifs (C(OH)–C–C–N with tert-alkyl or cyclic N) is 1. The van der Waals surface area contributed by atoms with E-state index in [-0.39, 0.29) is 75.2 Å². The van der Waals surface area contributed by atoms with Gasteiger partial charge in [0.05, 0.1) is 112 Å². The Morgan fingerprint density at radius 3 is 2.05 bits per heavy atom. The fraction of sp³-hybridized carbons (Fsp3) is 0.574. The number of piperazine rings is 1. The number of likely N-dealkylation sites (tertiary alicyclic amines) is 1. The fourth-order valence-corrected chi connectivity index (χ4v) is 11.7. The number of nitrogens with zero attached hydrogens (tertiary/aromatic N) is 7. The molecule has 3 saturated heterocycles. The summed E-state index contributed by atoms with van der Waals surface area (Å²) in [5.74, 6) is -0.459. The van der Waals surface area contributed by atoms with Gasteiger partial charge in [-0.25, -0.2) is 15.0 Å². The topological polar surface area (TPSA) is 281 Å². The number of hydrogen-bond donors (Lipinski definition) is 6. The summed E-state index contributed by atoms with van der Waals surface area (Å²) < 4.78 is 28.1. The van der Waals surface area contributed by atoms with Crippen molar-refractivity contribution in [1.82, 2.24) is 50.6 Å². The smallest absolute Gasteiger partial charge is 0.246 e. The van der Waals surface area contributed by atoms with Gasteiger partial charge in [0.25, 0.3) is 0 Å². The molecule has 25 heteroatoms. The summed E-state index contributed by atoms with van der Waals surface area (Å²) in [4.78, 5) is 92.6. The Balaban J connectivity index is 0.615. The minimum atomic E-state index is -1.03. The number of anilines is 1. The van der Waals surface area contributed by atoms with Gasteiger partial charge in [-0.15, -0.1) is 11.3 Å². The first kappa shape index (κ1) is 65.8. The number of aliphatic hydroxyl groups is 1. The maximum Gasteiger partial charge on any atom is 0.246 e. The van der Waals surface area contributed by atoms with Gasteiger partial charge in [-0.05, 0) is 66.5 Å². The van der Waals surface area contributed by atoms with Crippen LogP contribution in [0.5, 0.6) is 0 Å². The van der Waals surface area contributed by atoms with Crippen LogP contribution in [0.15, 0.2) is 72.6 Å². The van der Waals surface area contributed by atoms with Gasteiger partial charge >= 0.3 is 0 Å². The number of carbonyl (C=O) groups is 5. The van der Waals surface area contributed by atoms with Gasteiger partial charge in [-0.3, -0.25) is 28.9 Å². The van der Waals surface area contributed by atoms with E-state index in [4.69, 9.17) is 41.0 Å². The van der Waals surface area contributed by atoms with E-state index in [9.17, 15) is 29.1 Å². The van der Waals surface area contributed by atoms with Gasteiger partial charge in [0.1, 0.15) is 29.9 Å². The first-order chi connectivity index (χ1) is 41.5. The molecule has 468 valence electrons. The zero-order valence-electron chi connectivity index (χ0n) is 49.9. The van der Waals surface area contributed by atoms with E-state index in [0.29, 0.717) is 103 Å². The van der Waals surface area contributed by atoms with Crippen LogP contribution in [0.2, 0.25) is 5.02 Å². The number of thiazole rings is 1. The molecule has 0 radical (unpaired) electrons. The molecule has 3 fully saturated rings. The molecule has 23 nitrogen and oxygen atoms in total. The van der Waals surface area contributed by atoms with Crippen molar-refractivity contribution in [3.05, 3.63) is 94.5 Å². The molecule has 5 aromatic rings. The van der Waals surface area contributed by atoms with Crippen molar-refractivity contribution in [3.63, 3.8) is 0 Å². The molecule has 0 spiro atoms. The number of fused-ring (bicyclic) bond motifs is 1. The molecule has 7 N–H and O–H groups in total. The zero-order chi connectivity index (χ0) is 61.1. The van der Waals surface area contributed by atoms with Crippen LogP contribution in [-0.2, 0) is 54.2 Å². The molecule has 3 aromatic heterocycles. The third-order valence-electron chi connectivity index (χ3n) is 15.9. The zero-order valence-corrected chi connectivity index (χ0v) is 51.5. The lowest BCUT2D eigenvalue weighted by Crippen LogP contribution is -2.60. The molecule has 4 atom stereocenters. The van der Waals surface area contributed by atoms with Gasteiger partial charge in [0, 0.05) is 83.0 Å². The number of rotatable bonds is 31.